The van der Waals surface area contributed by atoms with Gasteiger partial charge in [0.05, 0.1) is 5.69 Å². The van der Waals surface area contributed by atoms with Crippen molar-refractivity contribution in [1.29, 1.82) is 0 Å². The molecule has 0 aliphatic carbocycles. The summed E-state index contributed by atoms with van der Waals surface area (Å²) >= 11 is 0. The van der Waals surface area contributed by atoms with Crippen LogP contribution in [0.2, 0.25) is 0 Å². The van der Waals surface area contributed by atoms with Gasteiger partial charge < -0.3 is 10.1 Å². The monoisotopic (exact) mass is 265 g/mol. The Morgan fingerprint density at radius 3 is 2.70 bits per heavy atom. The third kappa shape index (κ3) is 2.43. The summed E-state index contributed by atoms with van der Waals surface area (Å²) < 4.78 is 5.40. The van der Waals surface area contributed by atoms with E-state index in [1.807, 2.05) is 43.3 Å². The van der Waals surface area contributed by atoms with E-state index in [0.717, 1.165) is 28.1 Å². The molecule has 0 spiro atoms. The van der Waals surface area contributed by atoms with Crippen molar-refractivity contribution in [1.82, 2.24) is 0 Å². The van der Waals surface area contributed by atoms with Crippen LogP contribution in [-0.4, -0.2) is 12.5 Å². The highest BCUT2D eigenvalue weighted by atomic mass is 16.5. The molecule has 1 N–H and O–H groups in total. The lowest BCUT2D eigenvalue weighted by molar-refractivity contribution is -0.118. The predicted molar refractivity (Wildman–Crippen MR) is 80.7 cm³/mol. The van der Waals surface area contributed by atoms with Gasteiger partial charge in [-0.2, -0.15) is 0 Å². The molecule has 1 heterocycles. The Kier molecular flexibility index (Phi) is 3.25. The van der Waals surface area contributed by atoms with Crippen molar-refractivity contribution in [2.75, 3.05) is 11.9 Å². The lowest BCUT2D eigenvalue weighted by atomic mass is 10.0. The fourth-order valence-electron chi connectivity index (χ4n) is 2.23. The minimum absolute atomic E-state index is 0.0889. The van der Waals surface area contributed by atoms with Crippen molar-refractivity contribution in [3.8, 4) is 5.75 Å². The molecule has 0 aromatic heterocycles. The van der Waals surface area contributed by atoms with Gasteiger partial charge in [0.2, 0.25) is 0 Å². The van der Waals surface area contributed by atoms with Gasteiger partial charge in [-0.15, -0.1) is 0 Å². The molecule has 1 aliphatic heterocycles. The summed E-state index contributed by atoms with van der Waals surface area (Å²) in [5.41, 5.74) is 4.00. The number of amides is 1. The molecule has 2 aromatic rings. The molecule has 3 nitrogen and oxygen atoms in total. The normalized spacial score (nSPS) is 13.8. The number of rotatable bonds is 2. The van der Waals surface area contributed by atoms with E-state index in [4.69, 9.17) is 4.74 Å². The van der Waals surface area contributed by atoms with Crippen LogP contribution in [0.5, 0.6) is 5.75 Å². The Morgan fingerprint density at radius 2 is 1.90 bits per heavy atom. The zero-order valence-corrected chi connectivity index (χ0v) is 11.2. The second-order valence-corrected chi connectivity index (χ2v) is 4.73. The highest BCUT2D eigenvalue weighted by Gasteiger charge is 2.18. The fraction of sp³-hybridized carbons (Fsp3) is 0.118. The number of ether oxygens (including phenoxy) is 1. The number of carbonyl (C=O) groups excluding carboxylic acids is 1. The highest BCUT2D eigenvalue weighted by Crippen LogP contribution is 2.33. The van der Waals surface area contributed by atoms with E-state index in [9.17, 15) is 4.79 Å². The van der Waals surface area contributed by atoms with Gasteiger partial charge in [0.15, 0.2) is 6.61 Å². The SMILES string of the molecule is Cc1c(/C=C/c2ccccc2)ccc2c1NC(=O)CO2. The van der Waals surface area contributed by atoms with Crippen molar-refractivity contribution in [2.24, 2.45) is 0 Å². The van der Waals surface area contributed by atoms with Crippen molar-refractivity contribution < 1.29 is 9.53 Å². The molecule has 0 saturated heterocycles. The second kappa shape index (κ2) is 5.21. The van der Waals surface area contributed by atoms with E-state index in [0.29, 0.717) is 0 Å². The summed E-state index contributed by atoms with van der Waals surface area (Å²) in [7, 11) is 0. The van der Waals surface area contributed by atoms with E-state index in [1.54, 1.807) is 0 Å². The quantitative estimate of drug-likeness (QED) is 0.844. The van der Waals surface area contributed by atoms with Crippen molar-refractivity contribution in [3.05, 3.63) is 59.2 Å². The Labute approximate surface area is 117 Å². The van der Waals surface area contributed by atoms with Crippen molar-refractivity contribution >= 4 is 23.7 Å². The largest absolute Gasteiger partial charge is 0.482 e. The molecule has 1 aliphatic rings. The van der Waals surface area contributed by atoms with E-state index in [2.05, 4.69) is 23.5 Å². The molecule has 1 amide bonds. The van der Waals surface area contributed by atoms with Crippen LogP contribution < -0.4 is 10.1 Å². The Morgan fingerprint density at radius 1 is 1.10 bits per heavy atom. The van der Waals surface area contributed by atoms with Gasteiger partial charge in [-0.1, -0.05) is 48.6 Å². The maximum absolute atomic E-state index is 11.4. The molecule has 20 heavy (non-hydrogen) atoms. The van der Waals surface area contributed by atoms with Crippen LogP contribution in [0.3, 0.4) is 0 Å². The topological polar surface area (TPSA) is 38.3 Å². The van der Waals surface area contributed by atoms with Crippen LogP contribution >= 0.6 is 0 Å². The van der Waals surface area contributed by atoms with E-state index in [-0.39, 0.29) is 12.5 Å². The van der Waals surface area contributed by atoms with Crippen LogP contribution in [0.1, 0.15) is 16.7 Å². The molecule has 0 bridgehead atoms. The van der Waals surface area contributed by atoms with Crippen LogP contribution in [0, 0.1) is 6.92 Å². The Balaban J connectivity index is 1.93. The van der Waals surface area contributed by atoms with Crippen LogP contribution in [0.15, 0.2) is 42.5 Å². The van der Waals surface area contributed by atoms with Gasteiger partial charge in [-0.25, -0.2) is 0 Å². The third-order valence-electron chi connectivity index (χ3n) is 3.35. The summed E-state index contributed by atoms with van der Waals surface area (Å²) in [4.78, 5) is 11.4. The van der Waals surface area contributed by atoms with E-state index in [1.165, 1.54) is 0 Å². The fourth-order valence-corrected chi connectivity index (χ4v) is 2.23. The second-order valence-electron chi connectivity index (χ2n) is 4.73. The predicted octanol–water partition coefficient (Wildman–Crippen LogP) is 3.50. The number of benzene rings is 2. The van der Waals surface area contributed by atoms with Gasteiger partial charge in [-0.3, -0.25) is 4.79 Å². The molecular formula is C17H15NO2. The summed E-state index contributed by atoms with van der Waals surface area (Å²) in [5.74, 6) is 0.628. The van der Waals surface area contributed by atoms with Crippen molar-refractivity contribution in [2.45, 2.75) is 6.92 Å². The molecule has 0 unspecified atom stereocenters. The smallest absolute Gasteiger partial charge is 0.262 e. The first-order valence-corrected chi connectivity index (χ1v) is 6.53. The maximum atomic E-state index is 11.4. The number of hydrogen-bond acceptors (Lipinski definition) is 2. The first-order chi connectivity index (χ1) is 9.74. The lowest BCUT2D eigenvalue weighted by Gasteiger charge is -2.20. The molecular weight excluding hydrogens is 250 g/mol. The molecule has 0 radical (unpaired) electrons. The standard InChI is InChI=1S/C17H15NO2/c1-12-14(8-7-13-5-3-2-4-6-13)9-10-15-17(12)18-16(19)11-20-15/h2-10H,11H2,1H3,(H,18,19)/b8-7+. The van der Waals surface area contributed by atoms with E-state index < -0.39 is 0 Å². The summed E-state index contributed by atoms with van der Waals surface area (Å²) in [6.07, 6.45) is 4.10. The van der Waals surface area contributed by atoms with Gasteiger partial charge >= 0.3 is 0 Å². The lowest BCUT2D eigenvalue weighted by Crippen LogP contribution is -2.26. The number of anilines is 1. The Bertz CT molecular complexity index is 675. The zero-order chi connectivity index (χ0) is 13.9. The van der Waals surface area contributed by atoms with Crippen LogP contribution in [0.4, 0.5) is 5.69 Å². The maximum Gasteiger partial charge on any atom is 0.262 e. The average Bonchev–Trinajstić information content (AvgIpc) is 2.48. The minimum atomic E-state index is -0.107. The molecule has 0 saturated carbocycles. The average molecular weight is 265 g/mol. The molecule has 2 aromatic carbocycles. The molecule has 100 valence electrons. The number of fused-ring (bicyclic) bond motifs is 1. The number of hydrogen-bond donors (Lipinski definition) is 1. The minimum Gasteiger partial charge on any atom is -0.482 e. The number of nitrogens with one attached hydrogen (secondary N) is 1. The summed E-state index contributed by atoms with van der Waals surface area (Å²) in [5, 5.41) is 2.87. The van der Waals surface area contributed by atoms with Crippen molar-refractivity contribution in [3.63, 3.8) is 0 Å². The van der Waals surface area contributed by atoms with Gasteiger partial charge in [0.25, 0.3) is 5.91 Å². The third-order valence-corrected chi connectivity index (χ3v) is 3.35. The van der Waals surface area contributed by atoms with Crippen LogP contribution in [0.25, 0.3) is 12.2 Å². The van der Waals surface area contributed by atoms with Gasteiger partial charge in [-0.05, 0) is 29.7 Å². The first kappa shape index (κ1) is 12.5. The summed E-state index contributed by atoms with van der Waals surface area (Å²) in [6, 6.07) is 14.0. The van der Waals surface area contributed by atoms with Gasteiger partial charge in [0, 0.05) is 0 Å². The highest BCUT2D eigenvalue weighted by molar-refractivity contribution is 5.97. The Hall–Kier alpha value is -2.55. The molecule has 0 fully saturated rings. The molecule has 0 atom stereocenters. The van der Waals surface area contributed by atoms with Gasteiger partial charge in [0.1, 0.15) is 5.75 Å². The number of carbonyl (C=O) groups is 1. The zero-order valence-electron chi connectivity index (χ0n) is 11.2. The van der Waals surface area contributed by atoms with Crippen LogP contribution in [-0.2, 0) is 4.79 Å². The first-order valence-electron chi connectivity index (χ1n) is 6.53. The summed E-state index contributed by atoms with van der Waals surface area (Å²) in [6.45, 7) is 2.07. The molecule has 3 heteroatoms. The molecule has 3 rings (SSSR count). The van der Waals surface area contributed by atoms with E-state index >= 15 is 0 Å².